The first-order valence-corrected chi connectivity index (χ1v) is 8.36. The van der Waals surface area contributed by atoms with Gasteiger partial charge in [0.05, 0.1) is 6.10 Å². The Morgan fingerprint density at radius 2 is 1.88 bits per heavy atom. The molecular formula is C19H19ClN2O3. The van der Waals surface area contributed by atoms with E-state index in [1.807, 2.05) is 36.4 Å². The van der Waals surface area contributed by atoms with Gasteiger partial charge in [0.1, 0.15) is 24.3 Å². The van der Waals surface area contributed by atoms with E-state index in [0.717, 1.165) is 22.6 Å². The van der Waals surface area contributed by atoms with Crippen LogP contribution >= 0.6 is 11.6 Å². The molecule has 3 rings (SSSR count). The predicted octanol–water partition coefficient (Wildman–Crippen LogP) is 3.70. The van der Waals surface area contributed by atoms with Crippen LogP contribution in [0.15, 0.2) is 65.6 Å². The molecule has 1 heterocycles. The van der Waals surface area contributed by atoms with Gasteiger partial charge in [-0.3, -0.25) is 0 Å². The quantitative estimate of drug-likeness (QED) is 0.601. The van der Waals surface area contributed by atoms with Crippen molar-refractivity contribution in [2.45, 2.75) is 6.10 Å². The maximum Gasteiger partial charge on any atom is 0.181 e. The highest BCUT2D eigenvalue weighted by atomic mass is 35.5. The summed E-state index contributed by atoms with van der Waals surface area (Å²) < 4.78 is 10.6. The molecule has 1 aromatic heterocycles. The van der Waals surface area contributed by atoms with Crippen LogP contribution in [-0.2, 0) is 0 Å². The van der Waals surface area contributed by atoms with Gasteiger partial charge in [-0.05, 0) is 42.0 Å². The van der Waals surface area contributed by atoms with E-state index in [1.54, 1.807) is 18.4 Å². The van der Waals surface area contributed by atoms with Gasteiger partial charge >= 0.3 is 0 Å². The number of benzene rings is 2. The van der Waals surface area contributed by atoms with Crippen molar-refractivity contribution in [1.29, 1.82) is 0 Å². The molecule has 0 aliphatic carbocycles. The number of hydrogen-bond donors (Lipinski definition) is 2. The Hall–Kier alpha value is -2.34. The molecule has 1 unspecified atom stereocenters. The first-order valence-electron chi connectivity index (χ1n) is 7.98. The third-order valence-electron chi connectivity index (χ3n) is 3.72. The molecule has 0 saturated carbocycles. The molecule has 6 heteroatoms. The van der Waals surface area contributed by atoms with E-state index in [0.29, 0.717) is 24.7 Å². The van der Waals surface area contributed by atoms with Crippen LogP contribution in [0.4, 0.5) is 0 Å². The number of aliphatic hydroxyl groups is 1. The predicted molar refractivity (Wildman–Crippen MR) is 96.7 cm³/mol. The number of nitrogens with one attached hydrogen (secondary N) is 1. The fourth-order valence-electron chi connectivity index (χ4n) is 2.36. The van der Waals surface area contributed by atoms with Gasteiger partial charge in [-0.2, -0.15) is 0 Å². The minimum atomic E-state index is -0.570. The van der Waals surface area contributed by atoms with Crippen molar-refractivity contribution in [2.75, 3.05) is 19.7 Å². The Balaban J connectivity index is 1.37. The Bertz CT molecular complexity index is 758. The first-order chi connectivity index (χ1) is 12.2. The molecule has 0 spiro atoms. The van der Waals surface area contributed by atoms with Crippen LogP contribution in [0.5, 0.6) is 5.75 Å². The second-order valence-corrected chi connectivity index (χ2v) is 5.95. The van der Waals surface area contributed by atoms with Crippen LogP contribution < -0.4 is 10.1 Å². The van der Waals surface area contributed by atoms with E-state index >= 15 is 0 Å². The van der Waals surface area contributed by atoms with Crippen LogP contribution in [0, 0.1) is 0 Å². The number of hydrogen-bond acceptors (Lipinski definition) is 5. The minimum absolute atomic E-state index is 0.454. The zero-order chi connectivity index (χ0) is 17.5. The number of ether oxygens (including phenoxy) is 1. The van der Waals surface area contributed by atoms with Gasteiger partial charge in [0.25, 0.3) is 0 Å². The summed E-state index contributed by atoms with van der Waals surface area (Å²) in [5, 5.41) is 13.9. The van der Waals surface area contributed by atoms with Crippen molar-refractivity contribution in [3.63, 3.8) is 0 Å². The van der Waals surface area contributed by atoms with E-state index in [-0.39, 0.29) is 0 Å². The average molecular weight is 359 g/mol. The molecule has 130 valence electrons. The summed E-state index contributed by atoms with van der Waals surface area (Å²) in [7, 11) is 0. The Labute approximate surface area is 151 Å². The lowest BCUT2D eigenvalue weighted by atomic mass is 10.1. The summed E-state index contributed by atoms with van der Waals surface area (Å²) in [6.07, 6.45) is 2.44. The van der Waals surface area contributed by atoms with Crippen molar-refractivity contribution in [1.82, 2.24) is 10.3 Å². The second-order valence-electron chi connectivity index (χ2n) is 5.52. The largest absolute Gasteiger partial charge is 0.492 e. The van der Waals surface area contributed by atoms with Crippen molar-refractivity contribution in [3.05, 3.63) is 71.8 Å². The summed E-state index contributed by atoms with van der Waals surface area (Å²) >= 11 is 5.84. The van der Waals surface area contributed by atoms with Gasteiger partial charge in [-0.25, -0.2) is 4.98 Å². The molecule has 3 aromatic rings. The van der Waals surface area contributed by atoms with Crippen molar-refractivity contribution >= 4 is 11.6 Å². The number of halogens is 1. The average Bonchev–Trinajstić information content (AvgIpc) is 3.17. The number of aromatic nitrogens is 1. The Kier molecular flexibility index (Phi) is 6.06. The molecule has 25 heavy (non-hydrogen) atoms. The summed E-state index contributed by atoms with van der Waals surface area (Å²) in [6.45, 7) is 1.60. The van der Waals surface area contributed by atoms with Crippen LogP contribution in [-0.4, -0.2) is 29.8 Å². The summed E-state index contributed by atoms with van der Waals surface area (Å²) in [5.41, 5.74) is 2.61. The maximum absolute atomic E-state index is 10.1. The van der Waals surface area contributed by atoms with Gasteiger partial charge in [0.15, 0.2) is 6.39 Å². The molecule has 0 bridgehead atoms. The lowest BCUT2D eigenvalue weighted by Gasteiger charge is -2.13. The molecule has 2 aromatic carbocycles. The molecule has 2 N–H and O–H groups in total. The summed E-state index contributed by atoms with van der Waals surface area (Å²) in [6, 6.07) is 14.8. The Morgan fingerprint density at radius 3 is 2.56 bits per heavy atom. The van der Waals surface area contributed by atoms with Gasteiger partial charge < -0.3 is 19.6 Å². The van der Waals surface area contributed by atoms with Crippen molar-refractivity contribution in [3.8, 4) is 17.0 Å². The SMILES string of the molecule is OC(CNCCOc1ccc(-c2cocn2)cc1)c1ccc(Cl)cc1. The topological polar surface area (TPSA) is 67.5 Å². The van der Waals surface area contributed by atoms with Crippen molar-refractivity contribution < 1.29 is 14.3 Å². The van der Waals surface area contributed by atoms with Crippen LogP contribution in [0.2, 0.25) is 5.02 Å². The second kappa shape index (κ2) is 8.67. The molecule has 0 aliphatic heterocycles. The van der Waals surface area contributed by atoms with E-state index in [1.165, 1.54) is 6.39 Å². The minimum Gasteiger partial charge on any atom is -0.492 e. The fraction of sp³-hybridized carbons (Fsp3) is 0.211. The molecule has 5 nitrogen and oxygen atoms in total. The highest BCUT2D eigenvalue weighted by molar-refractivity contribution is 6.30. The smallest absolute Gasteiger partial charge is 0.181 e. The monoisotopic (exact) mass is 358 g/mol. The van der Waals surface area contributed by atoms with E-state index in [2.05, 4.69) is 10.3 Å². The lowest BCUT2D eigenvalue weighted by molar-refractivity contribution is 0.172. The first kappa shape index (κ1) is 17.5. The molecule has 0 fully saturated rings. The standard InChI is InChI=1S/C19H19ClN2O3/c20-16-5-1-15(2-6-16)19(23)11-21-9-10-25-17-7-3-14(4-8-17)18-12-24-13-22-18/h1-8,12-13,19,21,23H,9-11H2. The van der Waals surface area contributed by atoms with Crippen molar-refractivity contribution in [2.24, 2.45) is 0 Å². The Morgan fingerprint density at radius 1 is 1.12 bits per heavy atom. The van der Waals surface area contributed by atoms with Gasteiger partial charge in [-0.15, -0.1) is 0 Å². The van der Waals surface area contributed by atoms with Gasteiger partial charge in [0, 0.05) is 23.7 Å². The highest BCUT2D eigenvalue weighted by Crippen LogP contribution is 2.20. The maximum atomic E-state index is 10.1. The normalized spacial score (nSPS) is 12.1. The highest BCUT2D eigenvalue weighted by Gasteiger charge is 2.06. The molecule has 1 atom stereocenters. The lowest BCUT2D eigenvalue weighted by Crippen LogP contribution is -2.26. The van der Waals surface area contributed by atoms with E-state index in [4.69, 9.17) is 20.8 Å². The van der Waals surface area contributed by atoms with E-state index in [9.17, 15) is 5.11 Å². The van der Waals surface area contributed by atoms with Crippen LogP contribution in [0.25, 0.3) is 11.3 Å². The van der Waals surface area contributed by atoms with Gasteiger partial charge in [-0.1, -0.05) is 23.7 Å². The summed E-state index contributed by atoms with van der Waals surface area (Å²) in [4.78, 5) is 4.10. The van der Waals surface area contributed by atoms with Crippen LogP contribution in [0.1, 0.15) is 11.7 Å². The zero-order valence-corrected chi connectivity index (χ0v) is 14.3. The fourth-order valence-corrected chi connectivity index (χ4v) is 2.49. The number of nitrogens with zero attached hydrogens (tertiary/aromatic N) is 1. The van der Waals surface area contributed by atoms with E-state index < -0.39 is 6.10 Å². The third kappa shape index (κ3) is 5.06. The summed E-state index contributed by atoms with van der Waals surface area (Å²) in [5.74, 6) is 0.785. The molecule has 0 amide bonds. The van der Waals surface area contributed by atoms with Gasteiger partial charge in [0.2, 0.25) is 0 Å². The molecule has 0 aliphatic rings. The number of aliphatic hydroxyl groups excluding tert-OH is 1. The number of rotatable bonds is 8. The number of oxazole rings is 1. The molecular weight excluding hydrogens is 340 g/mol. The molecule has 0 radical (unpaired) electrons. The van der Waals surface area contributed by atoms with Crippen LogP contribution in [0.3, 0.4) is 0 Å². The molecule has 0 saturated heterocycles. The zero-order valence-electron chi connectivity index (χ0n) is 13.6. The third-order valence-corrected chi connectivity index (χ3v) is 3.97.